The summed E-state index contributed by atoms with van der Waals surface area (Å²) in [7, 11) is -3.42. The highest BCUT2D eigenvalue weighted by molar-refractivity contribution is 7.90. The molecule has 6 nitrogen and oxygen atoms in total. The zero-order chi connectivity index (χ0) is 13.9. The first-order valence-corrected chi connectivity index (χ1v) is 7.97. The first-order chi connectivity index (χ1) is 8.99. The van der Waals surface area contributed by atoms with Gasteiger partial charge >= 0.3 is 0 Å². The fourth-order valence-corrected chi connectivity index (χ4v) is 2.56. The smallest absolute Gasteiger partial charge is 0.268 e. The lowest BCUT2D eigenvalue weighted by atomic mass is 9.42. The van der Waals surface area contributed by atoms with Gasteiger partial charge < -0.3 is 4.74 Å². The Hall–Kier alpha value is -1.62. The Morgan fingerprint density at radius 2 is 2.16 bits per heavy atom. The number of hydrogen-bond donors (Lipinski definition) is 0. The lowest BCUT2D eigenvalue weighted by Crippen LogP contribution is -2.27. The third kappa shape index (κ3) is 3.67. The van der Waals surface area contributed by atoms with E-state index >= 15 is 0 Å². The van der Waals surface area contributed by atoms with Gasteiger partial charge in [0.15, 0.2) is 0 Å². The Balaban J connectivity index is 2.03. The van der Waals surface area contributed by atoms with Crippen molar-refractivity contribution in [3.63, 3.8) is 0 Å². The van der Waals surface area contributed by atoms with Crippen molar-refractivity contribution in [3.8, 4) is 11.8 Å². The molecule has 2 rings (SSSR count). The summed E-state index contributed by atoms with van der Waals surface area (Å²) in [5, 5.41) is 8.59. The second-order valence-corrected chi connectivity index (χ2v) is 6.58. The van der Waals surface area contributed by atoms with E-state index in [1.807, 2.05) is 0 Å². The maximum absolute atomic E-state index is 11.3. The van der Waals surface area contributed by atoms with E-state index in [9.17, 15) is 8.42 Å². The molecule has 0 spiro atoms. The molecule has 2 heterocycles. The van der Waals surface area contributed by atoms with Crippen molar-refractivity contribution in [2.45, 2.75) is 36.7 Å². The third-order valence-electron chi connectivity index (χ3n) is 3.08. The molecule has 0 aliphatic carbocycles. The van der Waals surface area contributed by atoms with E-state index < -0.39 is 9.84 Å². The van der Waals surface area contributed by atoms with Crippen LogP contribution < -0.4 is 4.74 Å². The van der Waals surface area contributed by atoms with Crippen molar-refractivity contribution >= 4 is 16.6 Å². The average Bonchev–Trinajstić information content (AvgIpc) is 2.39. The van der Waals surface area contributed by atoms with Crippen molar-refractivity contribution in [3.05, 3.63) is 12.3 Å². The van der Waals surface area contributed by atoms with Gasteiger partial charge in [0.05, 0.1) is 6.10 Å². The predicted molar refractivity (Wildman–Crippen MR) is 69.8 cm³/mol. The van der Waals surface area contributed by atoms with E-state index in [2.05, 4.69) is 15.9 Å². The molecule has 1 aliphatic heterocycles. The topological polar surface area (TPSA) is 92.9 Å². The van der Waals surface area contributed by atoms with Gasteiger partial charge in [-0.05, 0) is 12.8 Å². The van der Waals surface area contributed by atoms with Crippen LogP contribution in [0.5, 0.6) is 5.88 Å². The molecule has 19 heavy (non-hydrogen) atoms. The van der Waals surface area contributed by atoms with Gasteiger partial charge in [-0.2, -0.15) is 4.98 Å². The van der Waals surface area contributed by atoms with Crippen LogP contribution in [0.3, 0.4) is 0 Å². The van der Waals surface area contributed by atoms with Gasteiger partial charge in [-0.3, -0.25) is 0 Å². The molecule has 0 amide bonds. The van der Waals surface area contributed by atoms with Crippen LogP contribution in [0, 0.1) is 11.2 Å². The second kappa shape index (κ2) is 5.57. The molecule has 8 heteroatoms. The van der Waals surface area contributed by atoms with Crippen LogP contribution in [0.1, 0.15) is 12.8 Å². The van der Waals surface area contributed by atoms with E-state index in [-0.39, 0.29) is 23.9 Å². The summed E-state index contributed by atoms with van der Waals surface area (Å²) in [5.41, 5.74) is 0. The van der Waals surface area contributed by atoms with Crippen molar-refractivity contribution in [2.75, 3.05) is 6.26 Å². The van der Waals surface area contributed by atoms with Crippen LogP contribution >= 0.6 is 0 Å². The lowest BCUT2D eigenvalue weighted by molar-refractivity contribution is 0.178. The van der Waals surface area contributed by atoms with E-state index in [1.165, 1.54) is 6.20 Å². The highest BCUT2D eigenvalue weighted by atomic mass is 32.2. The van der Waals surface area contributed by atoms with Gasteiger partial charge in [-0.15, -0.1) is 0 Å². The van der Waals surface area contributed by atoms with Gasteiger partial charge in [0.2, 0.25) is 20.9 Å². The predicted octanol–water partition coefficient (Wildman–Crippen LogP) is 0.979. The van der Waals surface area contributed by atoms with Crippen molar-refractivity contribution < 1.29 is 13.2 Å². The summed E-state index contributed by atoms with van der Waals surface area (Å²) in [6.45, 7) is 0.108. The van der Waals surface area contributed by atoms with Gasteiger partial charge in [0.25, 0.3) is 6.71 Å². The Morgan fingerprint density at radius 3 is 2.74 bits per heavy atom. The highest BCUT2D eigenvalue weighted by Gasteiger charge is 2.25. The first-order valence-electron chi connectivity index (χ1n) is 6.08. The van der Waals surface area contributed by atoms with Crippen molar-refractivity contribution in [1.29, 1.82) is 5.26 Å². The molecule has 0 N–H and O–H groups in total. The van der Waals surface area contributed by atoms with Crippen LogP contribution in [-0.4, -0.2) is 37.5 Å². The van der Waals surface area contributed by atoms with Gasteiger partial charge in [-0.1, -0.05) is 12.6 Å². The SMILES string of the molecule is CS(=O)(=O)c1nccc(OC2CCB(C#N)CC2)n1. The third-order valence-corrected chi connectivity index (χ3v) is 3.94. The maximum Gasteiger partial charge on any atom is 0.268 e. The van der Waals surface area contributed by atoms with Crippen LogP contribution in [0.2, 0.25) is 12.6 Å². The van der Waals surface area contributed by atoms with Gasteiger partial charge in [-0.25, -0.2) is 18.7 Å². The molecule has 0 radical (unpaired) electrons. The number of sulfone groups is 1. The molecule has 1 saturated heterocycles. The van der Waals surface area contributed by atoms with Gasteiger partial charge in [0.1, 0.15) is 0 Å². The van der Waals surface area contributed by atoms with E-state index in [0.29, 0.717) is 0 Å². The molecule has 0 bridgehead atoms. The number of ether oxygens (including phenoxy) is 1. The van der Waals surface area contributed by atoms with E-state index in [0.717, 1.165) is 31.7 Å². The standard InChI is InChI=1S/C11H14BN3O3S/c1-19(16,17)11-14-7-4-10(15-11)18-9-2-5-12(8-13)6-3-9/h4,7,9H,2-3,5-6H2,1H3. The molecule has 1 aliphatic rings. The Labute approximate surface area is 112 Å². The quantitative estimate of drug-likeness (QED) is 0.604. The van der Waals surface area contributed by atoms with E-state index in [4.69, 9.17) is 10.00 Å². The van der Waals surface area contributed by atoms with Crippen LogP contribution in [-0.2, 0) is 9.84 Å². The molecular weight excluding hydrogens is 265 g/mol. The fraction of sp³-hybridized carbons (Fsp3) is 0.545. The first kappa shape index (κ1) is 13.8. The minimum Gasteiger partial charge on any atom is -0.474 e. The molecule has 1 fully saturated rings. The van der Waals surface area contributed by atoms with Crippen LogP contribution in [0.25, 0.3) is 0 Å². The molecule has 0 aromatic carbocycles. The summed E-state index contributed by atoms with van der Waals surface area (Å²) in [4.78, 5) is 7.60. The normalized spacial score (nSPS) is 16.9. The van der Waals surface area contributed by atoms with E-state index in [1.54, 1.807) is 6.07 Å². The molecule has 100 valence electrons. The lowest BCUT2D eigenvalue weighted by Gasteiger charge is -2.23. The molecular formula is C11H14BN3O3S. The monoisotopic (exact) mass is 279 g/mol. The molecule has 0 saturated carbocycles. The zero-order valence-corrected chi connectivity index (χ0v) is 11.4. The molecule has 1 aromatic rings. The second-order valence-electron chi connectivity index (χ2n) is 4.67. The number of rotatable bonds is 3. The maximum atomic E-state index is 11.3. The number of nitriles is 1. The minimum atomic E-state index is -3.42. The minimum absolute atomic E-state index is 0.00749. The van der Waals surface area contributed by atoms with Gasteiger partial charge in [0, 0.05) is 24.5 Å². The Morgan fingerprint density at radius 1 is 1.47 bits per heavy atom. The fourth-order valence-electron chi connectivity index (χ4n) is 2.05. The summed E-state index contributed by atoms with van der Waals surface area (Å²) in [6.07, 6.45) is 5.62. The summed E-state index contributed by atoms with van der Waals surface area (Å²) >= 11 is 0. The van der Waals surface area contributed by atoms with Crippen molar-refractivity contribution in [2.24, 2.45) is 0 Å². The summed E-state index contributed by atoms with van der Waals surface area (Å²) < 4.78 is 28.3. The highest BCUT2D eigenvalue weighted by Crippen LogP contribution is 2.23. The number of hydrogen-bond acceptors (Lipinski definition) is 6. The Bertz CT molecular complexity index is 591. The Kier molecular flexibility index (Phi) is 4.05. The van der Waals surface area contributed by atoms with Crippen LogP contribution in [0.15, 0.2) is 17.4 Å². The number of aromatic nitrogens is 2. The summed E-state index contributed by atoms with van der Waals surface area (Å²) in [6, 6.07) is 1.55. The zero-order valence-electron chi connectivity index (χ0n) is 10.6. The average molecular weight is 279 g/mol. The molecule has 0 unspecified atom stereocenters. The van der Waals surface area contributed by atoms with Crippen LogP contribution in [0.4, 0.5) is 0 Å². The summed E-state index contributed by atoms with van der Waals surface area (Å²) in [5.74, 6) is 2.53. The number of nitrogens with zero attached hydrogens (tertiary/aromatic N) is 3. The molecule has 0 atom stereocenters. The molecule has 1 aromatic heterocycles. The largest absolute Gasteiger partial charge is 0.474 e. The van der Waals surface area contributed by atoms with Crippen molar-refractivity contribution in [1.82, 2.24) is 9.97 Å².